The van der Waals surface area contributed by atoms with E-state index in [0.717, 1.165) is 0 Å². The number of nitrogens with zero attached hydrogens (tertiary/aromatic N) is 6. The molecule has 34 heavy (non-hydrogen) atoms. The van der Waals surface area contributed by atoms with Gasteiger partial charge in [0.2, 0.25) is 5.95 Å². The van der Waals surface area contributed by atoms with Gasteiger partial charge in [-0.25, -0.2) is 13.8 Å². The summed E-state index contributed by atoms with van der Waals surface area (Å²) in [5, 5.41) is 0. The number of aromatic nitrogens is 4. The number of para-hydroxylation sites is 1. The molecule has 2 atom stereocenters. The van der Waals surface area contributed by atoms with Gasteiger partial charge in [-0.3, -0.25) is 4.57 Å². The fraction of sp³-hybridized carbons (Fsp3) is 0.522. The number of hydrogen-bond donors (Lipinski definition) is 0. The van der Waals surface area contributed by atoms with Crippen LogP contribution >= 0.6 is 0 Å². The molecule has 0 bridgehead atoms. The first-order valence-corrected chi connectivity index (χ1v) is 11.4. The molecule has 11 heteroatoms. The van der Waals surface area contributed by atoms with Crippen LogP contribution in [0.5, 0.6) is 5.75 Å². The van der Waals surface area contributed by atoms with Gasteiger partial charge in [0, 0.05) is 25.7 Å². The van der Waals surface area contributed by atoms with Crippen LogP contribution in [0.4, 0.5) is 20.4 Å². The monoisotopic (exact) mass is 474 g/mol. The Bertz CT molecular complexity index is 1170. The average molecular weight is 475 g/mol. The smallest absolute Gasteiger partial charge is 0.296 e. The molecule has 0 aliphatic carbocycles. The van der Waals surface area contributed by atoms with Crippen molar-refractivity contribution in [2.75, 3.05) is 56.4 Å². The van der Waals surface area contributed by atoms with Gasteiger partial charge in [-0.05, 0) is 26.0 Å². The van der Waals surface area contributed by atoms with Crippen molar-refractivity contribution in [2.45, 2.75) is 32.4 Å². The van der Waals surface area contributed by atoms with Crippen LogP contribution in [0.2, 0.25) is 0 Å². The van der Waals surface area contributed by atoms with Crippen molar-refractivity contribution in [2.24, 2.45) is 0 Å². The third-order valence-corrected chi connectivity index (χ3v) is 6.49. The lowest BCUT2D eigenvalue weighted by Gasteiger charge is -2.39. The standard InChI is InChI=1S/C23H28F2N6O3/c1-14-15(2)34-12-9-30(14)19-13-18(29-7-10-33-11-8-29)26-23(27-19)31-16-5-4-6-17(32-3)20(16)28-22(31)21(24)25/h4-6,13-15,21H,7-12H2,1-3H3/t14-,15+/m0/s1. The molecule has 0 amide bonds. The zero-order valence-corrected chi connectivity index (χ0v) is 19.4. The first-order chi connectivity index (χ1) is 16.5. The van der Waals surface area contributed by atoms with Crippen molar-refractivity contribution in [1.29, 1.82) is 0 Å². The highest BCUT2D eigenvalue weighted by Crippen LogP contribution is 2.33. The molecule has 2 fully saturated rings. The summed E-state index contributed by atoms with van der Waals surface area (Å²) in [6.07, 6.45) is -2.81. The summed E-state index contributed by atoms with van der Waals surface area (Å²) in [6, 6.07) is 7.14. The van der Waals surface area contributed by atoms with Crippen LogP contribution in [-0.4, -0.2) is 78.2 Å². The Morgan fingerprint density at radius 3 is 2.53 bits per heavy atom. The molecule has 0 unspecified atom stereocenters. The second-order valence-corrected chi connectivity index (χ2v) is 8.43. The van der Waals surface area contributed by atoms with Gasteiger partial charge in [0.05, 0.1) is 44.6 Å². The lowest BCUT2D eigenvalue weighted by Crippen LogP contribution is -2.49. The third-order valence-electron chi connectivity index (χ3n) is 6.49. The summed E-state index contributed by atoms with van der Waals surface area (Å²) >= 11 is 0. The maximum absolute atomic E-state index is 14.2. The first-order valence-electron chi connectivity index (χ1n) is 11.4. The number of imidazole rings is 1. The minimum Gasteiger partial charge on any atom is -0.494 e. The van der Waals surface area contributed by atoms with Gasteiger partial charge in [-0.1, -0.05) is 6.07 Å². The van der Waals surface area contributed by atoms with Crippen LogP contribution < -0.4 is 14.5 Å². The molecule has 5 rings (SSSR count). The maximum atomic E-state index is 14.2. The fourth-order valence-electron chi connectivity index (χ4n) is 4.48. The quantitative estimate of drug-likeness (QED) is 0.558. The van der Waals surface area contributed by atoms with Crippen LogP contribution in [0.3, 0.4) is 0 Å². The molecule has 0 saturated carbocycles. The summed E-state index contributed by atoms with van der Waals surface area (Å²) in [5.41, 5.74) is 0.804. The van der Waals surface area contributed by atoms with Gasteiger partial charge >= 0.3 is 0 Å². The molecule has 2 aliphatic heterocycles. The van der Waals surface area contributed by atoms with Gasteiger partial charge in [-0.2, -0.15) is 9.97 Å². The second-order valence-electron chi connectivity index (χ2n) is 8.43. The van der Waals surface area contributed by atoms with E-state index in [4.69, 9.17) is 24.2 Å². The van der Waals surface area contributed by atoms with Crippen molar-refractivity contribution in [3.63, 3.8) is 0 Å². The highest BCUT2D eigenvalue weighted by molar-refractivity contribution is 5.84. The number of fused-ring (bicyclic) bond motifs is 1. The van der Waals surface area contributed by atoms with Gasteiger partial charge < -0.3 is 24.0 Å². The number of hydrogen-bond acceptors (Lipinski definition) is 8. The van der Waals surface area contributed by atoms with Crippen molar-refractivity contribution in [3.8, 4) is 11.7 Å². The molecular weight excluding hydrogens is 446 g/mol. The van der Waals surface area contributed by atoms with Crippen LogP contribution in [0.15, 0.2) is 24.3 Å². The Morgan fingerprint density at radius 2 is 1.79 bits per heavy atom. The van der Waals surface area contributed by atoms with E-state index < -0.39 is 12.2 Å². The summed E-state index contributed by atoms with van der Waals surface area (Å²) in [6.45, 7) is 7.76. The number of benzene rings is 1. The fourth-order valence-corrected chi connectivity index (χ4v) is 4.48. The van der Waals surface area contributed by atoms with Gasteiger partial charge in [-0.15, -0.1) is 0 Å². The predicted molar refractivity (Wildman–Crippen MR) is 123 cm³/mol. The number of ether oxygens (including phenoxy) is 3. The molecule has 2 aliphatic rings. The Kier molecular flexibility index (Phi) is 6.22. The highest BCUT2D eigenvalue weighted by atomic mass is 19.3. The molecule has 3 aromatic rings. The van der Waals surface area contributed by atoms with E-state index in [1.165, 1.54) is 11.7 Å². The van der Waals surface area contributed by atoms with Crippen LogP contribution in [0.1, 0.15) is 26.1 Å². The summed E-state index contributed by atoms with van der Waals surface area (Å²) in [4.78, 5) is 18.0. The number of methoxy groups -OCH3 is 1. The maximum Gasteiger partial charge on any atom is 0.296 e. The largest absolute Gasteiger partial charge is 0.494 e. The van der Waals surface area contributed by atoms with Crippen molar-refractivity contribution in [1.82, 2.24) is 19.5 Å². The number of anilines is 2. The van der Waals surface area contributed by atoms with Crippen molar-refractivity contribution in [3.05, 3.63) is 30.1 Å². The normalized spacial score (nSPS) is 21.5. The molecule has 9 nitrogen and oxygen atoms in total. The zero-order valence-electron chi connectivity index (χ0n) is 19.4. The van der Waals surface area contributed by atoms with Crippen molar-refractivity contribution >= 4 is 22.7 Å². The number of alkyl halides is 2. The number of rotatable bonds is 5. The summed E-state index contributed by atoms with van der Waals surface area (Å²) < 4.78 is 46.3. The Labute approximate surface area is 196 Å². The molecule has 1 aromatic carbocycles. The molecule has 0 radical (unpaired) electrons. The Hall–Kier alpha value is -3.05. The number of halogens is 2. The minimum absolute atomic E-state index is 0.00830. The van der Waals surface area contributed by atoms with E-state index in [1.54, 1.807) is 18.2 Å². The summed E-state index contributed by atoms with van der Waals surface area (Å²) in [5.74, 6) is 1.47. The highest BCUT2D eigenvalue weighted by Gasteiger charge is 2.30. The topological polar surface area (TPSA) is 77.8 Å². The van der Waals surface area contributed by atoms with E-state index in [1.807, 2.05) is 13.0 Å². The molecule has 0 spiro atoms. The van der Waals surface area contributed by atoms with Gasteiger partial charge in [0.1, 0.15) is 22.9 Å². The van der Waals surface area contributed by atoms with Gasteiger partial charge in [0.25, 0.3) is 6.43 Å². The van der Waals surface area contributed by atoms with E-state index in [-0.39, 0.29) is 18.1 Å². The second kappa shape index (κ2) is 9.30. The van der Waals surface area contributed by atoms with E-state index >= 15 is 0 Å². The average Bonchev–Trinajstić information content (AvgIpc) is 3.26. The van der Waals surface area contributed by atoms with E-state index in [9.17, 15) is 8.78 Å². The van der Waals surface area contributed by atoms with E-state index in [2.05, 4.69) is 21.7 Å². The molecule has 4 heterocycles. The van der Waals surface area contributed by atoms with E-state index in [0.29, 0.717) is 67.9 Å². The SMILES string of the molecule is COc1cccc2c1nc(C(F)F)n2-c1nc(N2CCOCC2)cc(N2CCO[C@H](C)[C@@H]2C)n1. The summed E-state index contributed by atoms with van der Waals surface area (Å²) in [7, 11) is 1.49. The molecule has 0 N–H and O–H groups in total. The van der Waals surface area contributed by atoms with Crippen LogP contribution in [0, 0.1) is 0 Å². The lowest BCUT2D eigenvalue weighted by molar-refractivity contribution is 0.0281. The Balaban J connectivity index is 1.71. The van der Waals surface area contributed by atoms with Gasteiger partial charge in [0.15, 0.2) is 5.82 Å². The lowest BCUT2D eigenvalue weighted by atomic mass is 10.1. The number of morpholine rings is 2. The molecule has 2 aromatic heterocycles. The van der Waals surface area contributed by atoms with Crippen LogP contribution in [0.25, 0.3) is 17.0 Å². The molecular formula is C23H28F2N6O3. The third kappa shape index (κ3) is 4.03. The van der Waals surface area contributed by atoms with Crippen molar-refractivity contribution < 1.29 is 23.0 Å². The minimum atomic E-state index is -2.82. The Morgan fingerprint density at radius 1 is 1.03 bits per heavy atom. The molecule has 2 saturated heterocycles. The predicted octanol–water partition coefficient (Wildman–Crippen LogP) is 3.21. The van der Waals surface area contributed by atoms with Crippen LogP contribution in [-0.2, 0) is 9.47 Å². The molecule has 182 valence electrons. The first kappa shape index (κ1) is 22.7. The zero-order chi connectivity index (χ0) is 23.8.